The molecule has 0 aliphatic carbocycles. The van der Waals surface area contributed by atoms with Crippen molar-refractivity contribution in [1.29, 1.82) is 0 Å². The van der Waals surface area contributed by atoms with Crippen LogP contribution in [0.15, 0.2) is 65.8 Å². The number of fused-ring (bicyclic) bond motifs is 1. The molecule has 9 nitrogen and oxygen atoms in total. The number of hydrogen-bond donors (Lipinski definition) is 2. The summed E-state index contributed by atoms with van der Waals surface area (Å²) in [5, 5.41) is 6.46. The molecule has 4 heterocycles. The molecule has 1 aliphatic heterocycles. The Hall–Kier alpha value is -4.19. The minimum Gasteiger partial charge on any atom is -0.346 e. The van der Waals surface area contributed by atoms with Crippen molar-refractivity contribution in [2.24, 2.45) is 0 Å². The number of alkyl halides is 2. The second kappa shape index (κ2) is 10.3. The maximum atomic E-state index is 12.6. The van der Waals surface area contributed by atoms with Gasteiger partial charge in [0.2, 0.25) is 5.95 Å². The van der Waals surface area contributed by atoms with E-state index in [2.05, 4.69) is 25.6 Å². The van der Waals surface area contributed by atoms with E-state index in [0.29, 0.717) is 51.7 Å². The molecule has 3 aromatic heterocycles. The third-order valence-corrected chi connectivity index (χ3v) is 6.48. The van der Waals surface area contributed by atoms with Crippen molar-refractivity contribution >= 4 is 40.6 Å². The first-order valence-electron chi connectivity index (χ1n) is 11.7. The molecule has 1 fully saturated rings. The second-order valence-corrected chi connectivity index (χ2v) is 10.4. The molecule has 4 aromatic rings. The van der Waals surface area contributed by atoms with Gasteiger partial charge in [-0.05, 0) is 56.3 Å². The van der Waals surface area contributed by atoms with E-state index in [1.54, 1.807) is 36.7 Å². The fraction of sp³-hybridized carbons (Fsp3) is 0.231. The van der Waals surface area contributed by atoms with Gasteiger partial charge in [-0.1, -0.05) is 17.8 Å². The molecular weight excluding hydrogens is 512 g/mol. The number of aromatic nitrogens is 4. The maximum Gasteiger partial charge on any atom is 0.324 e. The zero-order valence-corrected chi connectivity index (χ0v) is 21.3. The van der Waals surface area contributed by atoms with Gasteiger partial charge in [0.05, 0.1) is 41.2 Å². The largest absolute Gasteiger partial charge is 0.346 e. The first-order chi connectivity index (χ1) is 18.2. The fourth-order valence-electron chi connectivity index (χ4n) is 4.03. The summed E-state index contributed by atoms with van der Waals surface area (Å²) in [4.78, 5) is 44.7. The number of benzene rings is 1. The fourth-order valence-corrected chi connectivity index (χ4v) is 4.59. The van der Waals surface area contributed by atoms with Gasteiger partial charge >= 0.3 is 6.03 Å². The lowest BCUT2D eigenvalue weighted by atomic mass is 10.1. The number of nitrogens with zero attached hydrogens (tertiary/aromatic N) is 5. The Bertz CT molecular complexity index is 1530. The van der Waals surface area contributed by atoms with E-state index in [0.717, 1.165) is 5.39 Å². The number of thioether (sulfide) groups is 1. The van der Waals surface area contributed by atoms with Crippen LogP contribution in [0.1, 0.15) is 29.9 Å². The molecule has 1 saturated heterocycles. The summed E-state index contributed by atoms with van der Waals surface area (Å²) in [5.74, 6) is -2.66. The zero-order chi connectivity index (χ0) is 26.9. The molecule has 3 amide bonds. The smallest absolute Gasteiger partial charge is 0.324 e. The number of pyridine rings is 2. The predicted octanol–water partition coefficient (Wildman–Crippen LogP) is 4.64. The molecule has 12 heteroatoms. The van der Waals surface area contributed by atoms with Gasteiger partial charge in [-0.3, -0.25) is 14.7 Å². The number of carbonyl (C=O) groups excluding carboxylic acids is 2. The monoisotopic (exact) mass is 535 g/mol. The van der Waals surface area contributed by atoms with Crippen LogP contribution in [0.5, 0.6) is 0 Å². The van der Waals surface area contributed by atoms with E-state index >= 15 is 0 Å². The molecule has 0 radical (unpaired) electrons. The van der Waals surface area contributed by atoms with E-state index in [-0.39, 0.29) is 23.7 Å². The number of carbonyl (C=O) groups is 2. The van der Waals surface area contributed by atoms with Crippen LogP contribution >= 0.6 is 11.8 Å². The zero-order valence-electron chi connectivity index (χ0n) is 20.5. The Morgan fingerprint density at radius 3 is 2.71 bits per heavy atom. The lowest BCUT2D eigenvalue weighted by molar-refractivity contribution is 0.0950. The van der Waals surface area contributed by atoms with Gasteiger partial charge in [0.1, 0.15) is 0 Å². The average Bonchev–Trinajstić information content (AvgIpc) is 3.18. The molecule has 0 unspecified atom stereocenters. The summed E-state index contributed by atoms with van der Waals surface area (Å²) >= 11 is 0.388. The van der Waals surface area contributed by atoms with E-state index in [1.165, 1.54) is 17.0 Å². The Balaban J connectivity index is 1.33. The highest BCUT2D eigenvalue weighted by atomic mass is 32.2. The number of amides is 3. The minimum atomic E-state index is -2.56. The molecule has 38 heavy (non-hydrogen) atoms. The molecule has 5 rings (SSSR count). The van der Waals surface area contributed by atoms with E-state index in [1.807, 2.05) is 26.0 Å². The molecule has 0 atom stereocenters. The van der Waals surface area contributed by atoms with Crippen LogP contribution in [0.4, 0.5) is 19.5 Å². The van der Waals surface area contributed by atoms with Gasteiger partial charge in [0.15, 0.2) is 0 Å². The topological polar surface area (TPSA) is 113 Å². The third kappa shape index (κ3) is 5.70. The van der Waals surface area contributed by atoms with Crippen LogP contribution in [-0.4, -0.2) is 49.7 Å². The van der Waals surface area contributed by atoms with Crippen molar-refractivity contribution in [3.63, 3.8) is 0 Å². The van der Waals surface area contributed by atoms with E-state index in [9.17, 15) is 18.4 Å². The maximum absolute atomic E-state index is 12.6. The number of rotatable bonds is 7. The molecular formula is C26H23F2N7O2S. The van der Waals surface area contributed by atoms with Crippen LogP contribution in [0.2, 0.25) is 0 Å². The molecule has 1 aliphatic rings. The summed E-state index contributed by atoms with van der Waals surface area (Å²) in [6, 6.07) is 13.0. The quantitative estimate of drug-likeness (QED) is 0.332. The summed E-state index contributed by atoms with van der Waals surface area (Å²) in [7, 11) is 0. The number of urea groups is 1. The molecule has 2 N–H and O–H groups in total. The van der Waals surface area contributed by atoms with Gasteiger partial charge in [0, 0.05) is 28.2 Å². The Labute approximate surface area is 221 Å². The van der Waals surface area contributed by atoms with Crippen LogP contribution < -0.4 is 15.5 Å². The van der Waals surface area contributed by atoms with Crippen LogP contribution in [-0.2, 0) is 6.54 Å². The number of halogens is 2. The molecule has 0 spiro atoms. The highest BCUT2D eigenvalue weighted by molar-refractivity contribution is 7.99. The van der Waals surface area contributed by atoms with Gasteiger partial charge in [-0.15, -0.1) is 0 Å². The predicted molar refractivity (Wildman–Crippen MR) is 140 cm³/mol. The van der Waals surface area contributed by atoms with Gasteiger partial charge in [-0.25, -0.2) is 19.7 Å². The van der Waals surface area contributed by atoms with Crippen molar-refractivity contribution < 1.29 is 18.4 Å². The highest BCUT2D eigenvalue weighted by Gasteiger charge is 2.37. The normalized spacial score (nSPS) is 14.7. The van der Waals surface area contributed by atoms with Gasteiger partial charge in [-0.2, -0.15) is 8.78 Å². The molecule has 0 saturated carbocycles. The number of nitrogens with one attached hydrogen (secondary N) is 2. The van der Waals surface area contributed by atoms with Crippen LogP contribution in [0.3, 0.4) is 0 Å². The third-order valence-electron chi connectivity index (χ3n) is 5.77. The van der Waals surface area contributed by atoms with Crippen molar-refractivity contribution in [2.45, 2.75) is 36.6 Å². The van der Waals surface area contributed by atoms with Crippen molar-refractivity contribution in [2.75, 3.05) is 11.4 Å². The molecule has 194 valence electrons. The van der Waals surface area contributed by atoms with E-state index in [4.69, 9.17) is 4.98 Å². The number of anilines is 1. The highest BCUT2D eigenvalue weighted by Crippen LogP contribution is 2.26. The molecule has 0 bridgehead atoms. The van der Waals surface area contributed by atoms with Crippen molar-refractivity contribution in [1.82, 2.24) is 30.6 Å². The van der Waals surface area contributed by atoms with Gasteiger partial charge < -0.3 is 10.6 Å². The van der Waals surface area contributed by atoms with Crippen LogP contribution in [0, 0.1) is 0 Å². The summed E-state index contributed by atoms with van der Waals surface area (Å²) in [5.41, 5.74) is 2.28. The first-order valence-corrected chi connectivity index (χ1v) is 12.6. The first kappa shape index (κ1) is 25.5. The second-order valence-electron chi connectivity index (χ2n) is 9.30. The summed E-state index contributed by atoms with van der Waals surface area (Å²) < 4.78 is 25.3. The lowest BCUT2D eigenvalue weighted by Crippen LogP contribution is -2.36. The standard InChI is InChI=1S/C26H23F2N7O2S/c1-26(2)14-35(25(37)34-26)24-29-9-8-20(33-24)19-7-6-16-12-30-17(11-21(16)32-19)13-31-22(36)15-4-3-5-18(10-15)38-23(27)28/h3-12,23H,13-14H2,1-2H3,(H,31,36)(H,34,37). The van der Waals surface area contributed by atoms with Gasteiger partial charge in [0.25, 0.3) is 11.7 Å². The minimum absolute atomic E-state index is 0.129. The number of hydrogen-bond acceptors (Lipinski definition) is 7. The summed E-state index contributed by atoms with van der Waals surface area (Å²) in [6.07, 6.45) is 3.25. The SMILES string of the molecule is CC1(C)CN(c2nccc(-c3ccc4cnc(CNC(=O)c5cccc(SC(F)F)c5)cc4n3)n2)C(=O)N1. The summed E-state index contributed by atoms with van der Waals surface area (Å²) in [6.45, 7) is 4.43. The molecule has 1 aromatic carbocycles. The Morgan fingerprint density at radius 2 is 1.95 bits per heavy atom. The lowest BCUT2D eigenvalue weighted by Gasteiger charge is -2.16. The van der Waals surface area contributed by atoms with Crippen LogP contribution in [0.25, 0.3) is 22.3 Å². The van der Waals surface area contributed by atoms with Crippen molar-refractivity contribution in [3.8, 4) is 11.4 Å². The van der Waals surface area contributed by atoms with E-state index < -0.39 is 11.7 Å². The van der Waals surface area contributed by atoms with Crippen molar-refractivity contribution in [3.05, 3.63) is 72.2 Å². The average molecular weight is 536 g/mol. The Kier molecular flexibility index (Phi) is 6.89. The Morgan fingerprint density at radius 1 is 1.13 bits per heavy atom.